The van der Waals surface area contributed by atoms with Crippen molar-refractivity contribution in [3.63, 3.8) is 0 Å². The number of carboxylic acid groups (broad SMARTS) is 1. The highest BCUT2D eigenvalue weighted by molar-refractivity contribution is 7.81. The van der Waals surface area contributed by atoms with Crippen molar-refractivity contribution in [3.05, 3.63) is 11.9 Å². The number of nitrogens with one attached hydrogen (secondary N) is 2. The zero-order chi connectivity index (χ0) is 54.7. The number of aromatic nitrogens is 3. The monoisotopic (exact) mass is 1100 g/mol. The normalized spacial score (nSPS) is 31.9. The zero-order valence-corrected chi connectivity index (χ0v) is 43.3. The number of carboxylic acids is 1. The Morgan fingerprint density at radius 2 is 1.55 bits per heavy atom. The molecule has 0 bridgehead atoms. The van der Waals surface area contributed by atoms with E-state index in [1.54, 1.807) is 0 Å². The number of aliphatic carboxylic acids is 1. The van der Waals surface area contributed by atoms with Crippen molar-refractivity contribution < 1.29 is 108 Å². The van der Waals surface area contributed by atoms with Crippen molar-refractivity contribution in [2.75, 3.05) is 26.4 Å². The number of aliphatic hydroxyl groups is 5. The van der Waals surface area contributed by atoms with Crippen LogP contribution in [-0.2, 0) is 73.8 Å². The van der Waals surface area contributed by atoms with Crippen LogP contribution in [0.2, 0.25) is 0 Å². The molecule has 6 unspecified atom stereocenters. The molecule has 30 heteroatoms. The number of hydrogen-bond acceptors (Lipinski definition) is 22. The zero-order valence-electron chi connectivity index (χ0n) is 41.7. The average molecular weight is 1100 g/mol. The maximum absolute atomic E-state index is 14.1. The van der Waals surface area contributed by atoms with E-state index in [1.807, 2.05) is 6.92 Å². The van der Waals surface area contributed by atoms with E-state index < -0.39 is 155 Å². The van der Waals surface area contributed by atoms with E-state index >= 15 is 0 Å². The fraction of sp³-hybridized carbons (Fsp3) is 0.864. The van der Waals surface area contributed by atoms with Crippen molar-refractivity contribution in [1.82, 2.24) is 25.6 Å². The van der Waals surface area contributed by atoms with Gasteiger partial charge in [0.05, 0.1) is 50.9 Å². The van der Waals surface area contributed by atoms with E-state index in [0.29, 0.717) is 6.42 Å². The molecule has 0 radical (unpaired) electrons. The van der Waals surface area contributed by atoms with Crippen LogP contribution in [0.3, 0.4) is 0 Å². The second kappa shape index (κ2) is 27.2. The van der Waals surface area contributed by atoms with Gasteiger partial charge < -0.3 is 65.0 Å². The number of ketones is 1. The van der Waals surface area contributed by atoms with Crippen LogP contribution in [0.1, 0.15) is 115 Å². The van der Waals surface area contributed by atoms with Gasteiger partial charge in [0.1, 0.15) is 48.4 Å². The summed E-state index contributed by atoms with van der Waals surface area (Å²) in [5.41, 5.74) is -1.76. The molecule has 4 aliphatic rings. The Kier molecular flexibility index (Phi) is 22.6. The van der Waals surface area contributed by atoms with Crippen LogP contribution in [0.5, 0.6) is 0 Å². The number of nitrogens with zero attached hydrogens (tertiary/aromatic N) is 3. The van der Waals surface area contributed by atoms with Gasteiger partial charge in [0.2, 0.25) is 5.91 Å². The van der Waals surface area contributed by atoms with Crippen molar-refractivity contribution in [2.24, 2.45) is 23.2 Å². The highest BCUT2D eigenvalue weighted by Gasteiger charge is 2.53. The van der Waals surface area contributed by atoms with Gasteiger partial charge in [0.25, 0.3) is 5.91 Å². The first-order chi connectivity index (χ1) is 34.8. The Morgan fingerprint density at radius 1 is 0.892 bits per heavy atom. The molecule has 424 valence electrons. The molecule has 0 spiro atoms. The first-order valence-corrected chi connectivity index (χ1v) is 27.6. The molecule has 2 amide bonds. The molecule has 1 aromatic heterocycles. The Labute approximate surface area is 429 Å². The summed E-state index contributed by atoms with van der Waals surface area (Å²) in [5, 5.41) is 77.3. The number of hydrogen-bond donors (Lipinski definition) is 10. The van der Waals surface area contributed by atoms with E-state index in [-0.39, 0.29) is 69.0 Å². The van der Waals surface area contributed by atoms with Gasteiger partial charge in [0.15, 0.2) is 24.4 Å². The van der Waals surface area contributed by atoms with Gasteiger partial charge in [-0.2, -0.15) is 16.8 Å². The number of carbonyl (C=O) groups excluding carboxylic acids is 3. The molecule has 2 aliphatic carbocycles. The highest BCUT2D eigenvalue weighted by Crippen LogP contribution is 2.41. The summed E-state index contributed by atoms with van der Waals surface area (Å²) in [6.45, 7) is 3.16. The van der Waals surface area contributed by atoms with Gasteiger partial charge in [0, 0.05) is 31.2 Å². The molecule has 3 heterocycles. The van der Waals surface area contributed by atoms with Crippen LogP contribution in [-0.4, -0.2) is 201 Å². The summed E-state index contributed by atoms with van der Waals surface area (Å²) in [5.74, 6) is -4.15. The van der Waals surface area contributed by atoms with Crippen molar-refractivity contribution >= 4 is 44.4 Å². The lowest BCUT2D eigenvalue weighted by atomic mass is 9.74. The number of ether oxygens (including phenoxy) is 5. The number of aliphatic hydroxyl groups excluding tert-OH is 5. The predicted molar refractivity (Wildman–Crippen MR) is 250 cm³/mol. The van der Waals surface area contributed by atoms with Crippen molar-refractivity contribution in [3.8, 4) is 0 Å². The summed E-state index contributed by atoms with van der Waals surface area (Å²) in [4.78, 5) is 52.7. The third kappa shape index (κ3) is 17.3. The number of amides is 2. The Balaban J connectivity index is 1.33. The molecule has 5 rings (SSSR count). The summed E-state index contributed by atoms with van der Waals surface area (Å²) in [6, 6.07) is -1.39. The third-order valence-corrected chi connectivity index (χ3v) is 15.2. The smallest absolute Gasteiger partial charge is 0.397 e. The first kappa shape index (κ1) is 61.4. The topological polar surface area (TPSA) is 418 Å². The van der Waals surface area contributed by atoms with Gasteiger partial charge in [-0.25, -0.2) is 13.2 Å². The van der Waals surface area contributed by atoms with Crippen LogP contribution in [0.15, 0.2) is 6.20 Å². The van der Waals surface area contributed by atoms with Crippen molar-refractivity contribution in [2.45, 2.75) is 191 Å². The van der Waals surface area contributed by atoms with Crippen molar-refractivity contribution in [1.29, 1.82) is 0 Å². The molecule has 28 nitrogen and oxygen atoms in total. The maximum atomic E-state index is 14.1. The number of carbonyl (C=O) groups is 4. The fourth-order valence-electron chi connectivity index (χ4n) is 10.1. The van der Waals surface area contributed by atoms with Crippen LogP contribution >= 0.6 is 0 Å². The van der Waals surface area contributed by atoms with Crippen LogP contribution in [0.25, 0.3) is 0 Å². The quantitative estimate of drug-likeness (QED) is 0.0366. The minimum atomic E-state index is -4.99. The van der Waals surface area contributed by atoms with Gasteiger partial charge in [-0.3, -0.25) is 28.2 Å². The third-order valence-electron chi connectivity index (χ3n) is 14.3. The van der Waals surface area contributed by atoms with Crippen LogP contribution in [0.4, 0.5) is 0 Å². The molecule has 15 atom stereocenters. The van der Waals surface area contributed by atoms with Gasteiger partial charge in [-0.15, -0.1) is 5.10 Å². The standard InChI is InChI=1S/C44H73N5O23S2/c1-5-26-16-27(29(52)13-10-14-45-40(57)28-18-49(48-47-28)20-44(6-2,21-66-73(60,61)62)22-67-74(63,64)65)17-30(38(26)72-43-37(56)36(55)34(53)23(3)68-43)70-42-33(46-24(4)51)39(35(54)32(19-50)71-42)69-31(41(58)59)15-25-11-8-7-9-12-25/h18,23,25-27,30-39,42-43,50,53-56H,5-17,19-22H2,1-4H3,(H,45,57)(H,46,51)(H,58,59)(H,60,61,62)(H,63,64,65)/t23?,26?,27?,30-,31+,32+,33?,34-,35+,36+,37?,38-,39?,42-,43+/m1/s1. The van der Waals surface area contributed by atoms with Gasteiger partial charge >= 0.3 is 26.8 Å². The van der Waals surface area contributed by atoms with E-state index in [2.05, 4.69) is 29.3 Å². The lowest BCUT2D eigenvalue weighted by Crippen LogP contribution is -2.67. The SMILES string of the molecule is CCC1CC(C(=O)CCCNC(=O)c2cn(CC(CC)(COS(=O)(=O)O)COS(=O)(=O)O)nn2)C[C@@H](O[C@@H]2O[C@@H](CO)[C@H](O)C(O[C@@H](CC3CCCCC3)C(=O)O)C2NC(C)=O)[C@@H]1O[C@@H]1OC(C)[C@@H](O)[C@H](O)C1O. The first-order valence-electron chi connectivity index (χ1n) is 24.8. The maximum Gasteiger partial charge on any atom is 0.397 e. The lowest BCUT2D eigenvalue weighted by Gasteiger charge is -2.49. The average Bonchev–Trinajstić information content (AvgIpc) is 3.82. The molecule has 2 aliphatic heterocycles. The second-order valence-electron chi connectivity index (χ2n) is 19.8. The largest absolute Gasteiger partial charge is 0.479 e. The van der Waals surface area contributed by atoms with Gasteiger partial charge in [-0.05, 0) is 50.9 Å². The van der Waals surface area contributed by atoms with Crippen LogP contribution in [0, 0.1) is 23.2 Å². The molecule has 1 aromatic rings. The molecule has 4 fully saturated rings. The molecular weight excluding hydrogens is 1030 g/mol. The molecule has 74 heavy (non-hydrogen) atoms. The Morgan fingerprint density at radius 3 is 2.14 bits per heavy atom. The van der Waals surface area contributed by atoms with E-state index in [1.165, 1.54) is 20.8 Å². The minimum Gasteiger partial charge on any atom is -0.479 e. The molecule has 2 saturated carbocycles. The minimum absolute atomic E-state index is 0.0257. The summed E-state index contributed by atoms with van der Waals surface area (Å²) in [6.07, 6.45) is -10.9. The number of rotatable bonds is 27. The summed E-state index contributed by atoms with van der Waals surface area (Å²) >= 11 is 0. The summed E-state index contributed by atoms with van der Waals surface area (Å²) < 4.78 is 105. The van der Waals surface area contributed by atoms with Crippen LogP contribution < -0.4 is 10.6 Å². The fourth-order valence-corrected chi connectivity index (χ4v) is 10.9. The van der Waals surface area contributed by atoms with E-state index in [4.69, 9.17) is 32.8 Å². The Bertz CT molecular complexity index is 2200. The molecule has 0 aromatic carbocycles. The van der Waals surface area contributed by atoms with Gasteiger partial charge in [-0.1, -0.05) is 57.6 Å². The molecular formula is C44H73N5O23S2. The Hall–Kier alpha value is -3.44. The number of Topliss-reactive ketones (excluding diaryl/α,β-unsaturated/α-hetero) is 1. The highest BCUT2D eigenvalue weighted by atomic mass is 32.3. The lowest BCUT2D eigenvalue weighted by molar-refractivity contribution is -0.338. The molecule has 10 N–H and O–H groups in total. The van der Waals surface area contributed by atoms with E-state index in [0.717, 1.165) is 43.0 Å². The molecule has 2 saturated heterocycles. The van der Waals surface area contributed by atoms with E-state index in [9.17, 15) is 66.7 Å². The summed E-state index contributed by atoms with van der Waals surface area (Å²) in [7, 11) is -9.98. The second-order valence-corrected chi connectivity index (χ2v) is 21.9. The predicted octanol–water partition coefficient (Wildman–Crippen LogP) is -1.18.